The molecule has 1 fully saturated rings. The summed E-state index contributed by atoms with van der Waals surface area (Å²) in [7, 11) is 0. The summed E-state index contributed by atoms with van der Waals surface area (Å²) >= 11 is 0. The SMILES string of the molecule is CCCNC(=O)NCC1(O)CCCC1. The number of aliphatic hydroxyl groups is 1. The monoisotopic (exact) mass is 200 g/mol. The lowest BCUT2D eigenvalue weighted by molar-refractivity contribution is 0.0501. The van der Waals surface area contributed by atoms with E-state index in [4.69, 9.17) is 0 Å². The molecule has 0 spiro atoms. The Morgan fingerprint density at radius 1 is 1.36 bits per heavy atom. The number of nitrogens with one attached hydrogen (secondary N) is 2. The first-order chi connectivity index (χ1) is 6.66. The molecule has 82 valence electrons. The fourth-order valence-electron chi connectivity index (χ4n) is 1.76. The van der Waals surface area contributed by atoms with Gasteiger partial charge in [-0.25, -0.2) is 4.79 Å². The van der Waals surface area contributed by atoms with Crippen LogP contribution < -0.4 is 10.6 Å². The smallest absolute Gasteiger partial charge is 0.314 e. The van der Waals surface area contributed by atoms with Crippen LogP contribution in [0.5, 0.6) is 0 Å². The van der Waals surface area contributed by atoms with Crippen LogP contribution in [0, 0.1) is 0 Å². The molecule has 0 aromatic heterocycles. The Hall–Kier alpha value is -0.770. The molecule has 1 rings (SSSR count). The van der Waals surface area contributed by atoms with Gasteiger partial charge in [-0.05, 0) is 19.3 Å². The van der Waals surface area contributed by atoms with Gasteiger partial charge in [0.25, 0.3) is 0 Å². The van der Waals surface area contributed by atoms with Gasteiger partial charge in [0.05, 0.1) is 5.60 Å². The predicted octanol–water partition coefficient (Wildman–Crippen LogP) is 1.00. The van der Waals surface area contributed by atoms with Crippen molar-refractivity contribution >= 4 is 6.03 Å². The zero-order chi connectivity index (χ0) is 10.4. The summed E-state index contributed by atoms with van der Waals surface area (Å²) in [6.07, 6.45) is 4.67. The van der Waals surface area contributed by atoms with Gasteiger partial charge in [-0.15, -0.1) is 0 Å². The lowest BCUT2D eigenvalue weighted by atomic mass is 10.0. The molecule has 0 unspecified atom stereocenters. The second-order valence-electron chi connectivity index (χ2n) is 4.04. The largest absolute Gasteiger partial charge is 0.388 e. The molecule has 4 heteroatoms. The van der Waals surface area contributed by atoms with Gasteiger partial charge in [-0.1, -0.05) is 19.8 Å². The van der Waals surface area contributed by atoms with Gasteiger partial charge in [-0.2, -0.15) is 0 Å². The Morgan fingerprint density at radius 3 is 2.57 bits per heavy atom. The van der Waals surface area contributed by atoms with Crippen molar-refractivity contribution in [3.8, 4) is 0 Å². The summed E-state index contributed by atoms with van der Waals surface area (Å²) in [5, 5.41) is 15.3. The highest BCUT2D eigenvalue weighted by atomic mass is 16.3. The summed E-state index contributed by atoms with van der Waals surface area (Å²) in [5.74, 6) is 0. The summed E-state index contributed by atoms with van der Waals surface area (Å²) < 4.78 is 0. The Balaban J connectivity index is 2.15. The van der Waals surface area contributed by atoms with Crippen LogP contribution in [0.1, 0.15) is 39.0 Å². The molecule has 0 heterocycles. The third-order valence-corrected chi connectivity index (χ3v) is 2.65. The summed E-state index contributed by atoms with van der Waals surface area (Å²) in [6.45, 7) is 3.07. The second-order valence-corrected chi connectivity index (χ2v) is 4.04. The second kappa shape index (κ2) is 5.20. The van der Waals surface area contributed by atoms with E-state index < -0.39 is 5.60 Å². The minimum atomic E-state index is -0.649. The molecule has 1 aliphatic rings. The molecular weight excluding hydrogens is 180 g/mol. The molecule has 0 aliphatic heterocycles. The number of rotatable bonds is 4. The maximum Gasteiger partial charge on any atom is 0.314 e. The molecule has 1 aliphatic carbocycles. The Labute approximate surface area is 85.1 Å². The van der Waals surface area contributed by atoms with E-state index in [1.165, 1.54) is 0 Å². The van der Waals surface area contributed by atoms with Crippen molar-refractivity contribution in [2.45, 2.75) is 44.6 Å². The molecule has 4 nitrogen and oxygen atoms in total. The molecule has 0 saturated heterocycles. The van der Waals surface area contributed by atoms with Gasteiger partial charge < -0.3 is 15.7 Å². The van der Waals surface area contributed by atoms with E-state index in [1.807, 2.05) is 6.92 Å². The maximum absolute atomic E-state index is 11.2. The molecule has 0 aromatic carbocycles. The standard InChI is InChI=1S/C10H20N2O2/c1-2-7-11-9(13)12-8-10(14)5-3-4-6-10/h14H,2-8H2,1H3,(H2,11,12,13). The van der Waals surface area contributed by atoms with Crippen LogP contribution in [-0.2, 0) is 0 Å². The summed E-state index contributed by atoms with van der Waals surface area (Å²) in [6, 6.07) is -0.174. The first kappa shape index (κ1) is 11.3. The highest BCUT2D eigenvalue weighted by Gasteiger charge is 2.31. The average Bonchev–Trinajstić information content (AvgIpc) is 2.60. The number of carbonyl (C=O) groups excluding carboxylic acids is 1. The highest BCUT2D eigenvalue weighted by Crippen LogP contribution is 2.28. The van der Waals surface area contributed by atoms with Gasteiger partial charge in [0, 0.05) is 13.1 Å². The molecular formula is C10H20N2O2. The van der Waals surface area contributed by atoms with Crippen LogP contribution in [0.2, 0.25) is 0 Å². The minimum absolute atomic E-state index is 0.174. The van der Waals surface area contributed by atoms with Crippen molar-refractivity contribution in [3.05, 3.63) is 0 Å². The fourth-order valence-corrected chi connectivity index (χ4v) is 1.76. The van der Waals surface area contributed by atoms with E-state index >= 15 is 0 Å². The van der Waals surface area contributed by atoms with Gasteiger partial charge >= 0.3 is 6.03 Å². The van der Waals surface area contributed by atoms with Crippen molar-refractivity contribution in [1.29, 1.82) is 0 Å². The molecule has 1 saturated carbocycles. The van der Waals surface area contributed by atoms with Crippen LogP contribution in [0.25, 0.3) is 0 Å². The zero-order valence-corrected chi connectivity index (χ0v) is 8.81. The molecule has 0 aromatic rings. The molecule has 2 amide bonds. The maximum atomic E-state index is 11.2. The van der Waals surface area contributed by atoms with Crippen molar-refractivity contribution in [2.24, 2.45) is 0 Å². The Morgan fingerprint density at radius 2 is 2.00 bits per heavy atom. The number of amides is 2. The Kier molecular flexibility index (Phi) is 4.20. The van der Waals surface area contributed by atoms with E-state index in [0.29, 0.717) is 13.1 Å². The molecule has 0 atom stereocenters. The van der Waals surface area contributed by atoms with E-state index in [-0.39, 0.29) is 6.03 Å². The Bertz CT molecular complexity index is 189. The number of hydrogen-bond acceptors (Lipinski definition) is 2. The van der Waals surface area contributed by atoms with Crippen molar-refractivity contribution in [1.82, 2.24) is 10.6 Å². The molecule has 0 bridgehead atoms. The minimum Gasteiger partial charge on any atom is -0.388 e. The van der Waals surface area contributed by atoms with Crippen LogP contribution in [-0.4, -0.2) is 29.8 Å². The lowest BCUT2D eigenvalue weighted by Crippen LogP contribution is -2.45. The first-order valence-corrected chi connectivity index (χ1v) is 5.40. The van der Waals surface area contributed by atoms with Crippen LogP contribution in [0.4, 0.5) is 4.79 Å². The van der Waals surface area contributed by atoms with E-state index in [2.05, 4.69) is 10.6 Å². The normalized spacial score (nSPS) is 19.3. The molecule has 3 N–H and O–H groups in total. The third-order valence-electron chi connectivity index (χ3n) is 2.65. The van der Waals surface area contributed by atoms with E-state index in [9.17, 15) is 9.90 Å². The van der Waals surface area contributed by atoms with E-state index in [1.54, 1.807) is 0 Å². The zero-order valence-electron chi connectivity index (χ0n) is 8.81. The quantitative estimate of drug-likeness (QED) is 0.634. The average molecular weight is 200 g/mol. The topological polar surface area (TPSA) is 61.4 Å². The van der Waals surface area contributed by atoms with Crippen molar-refractivity contribution < 1.29 is 9.90 Å². The van der Waals surface area contributed by atoms with Crippen molar-refractivity contribution in [3.63, 3.8) is 0 Å². The first-order valence-electron chi connectivity index (χ1n) is 5.40. The van der Waals surface area contributed by atoms with Gasteiger partial charge in [0.1, 0.15) is 0 Å². The van der Waals surface area contributed by atoms with Crippen LogP contribution >= 0.6 is 0 Å². The molecule has 14 heavy (non-hydrogen) atoms. The van der Waals surface area contributed by atoms with Crippen molar-refractivity contribution in [2.75, 3.05) is 13.1 Å². The number of carbonyl (C=O) groups is 1. The predicted molar refractivity (Wildman–Crippen MR) is 55.1 cm³/mol. The van der Waals surface area contributed by atoms with Gasteiger partial charge in [-0.3, -0.25) is 0 Å². The fraction of sp³-hybridized carbons (Fsp3) is 0.900. The summed E-state index contributed by atoms with van der Waals surface area (Å²) in [5.41, 5.74) is -0.649. The van der Waals surface area contributed by atoms with Gasteiger partial charge in [0.2, 0.25) is 0 Å². The molecule has 0 radical (unpaired) electrons. The van der Waals surface area contributed by atoms with E-state index in [0.717, 1.165) is 32.1 Å². The number of urea groups is 1. The third kappa shape index (κ3) is 3.54. The highest BCUT2D eigenvalue weighted by molar-refractivity contribution is 5.73. The van der Waals surface area contributed by atoms with Crippen LogP contribution in [0.3, 0.4) is 0 Å². The lowest BCUT2D eigenvalue weighted by Gasteiger charge is -2.22. The van der Waals surface area contributed by atoms with Gasteiger partial charge in [0.15, 0.2) is 0 Å². The number of hydrogen-bond donors (Lipinski definition) is 3. The summed E-state index contributed by atoms with van der Waals surface area (Å²) in [4.78, 5) is 11.2. The van der Waals surface area contributed by atoms with Crippen LogP contribution in [0.15, 0.2) is 0 Å².